The van der Waals surface area contributed by atoms with Gasteiger partial charge < -0.3 is 15.5 Å². The average Bonchev–Trinajstić information content (AvgIpc) is 3.14. The summed E-state index contributed by atoms with van der Waals surface area (Å²) in [7, 11) is 0. The minimum absolute atomic E-state index is 0.0122. The number of benzene rings is 1. The summed E-state index contributed by atoms with van der Waals surface area (Å²) in [6, 6.07) is 5.73. The second kappa shape index (κ2) is 4.87. The van der Waals surface area contributed by atoms with Crippen molar-refractivity contribution in [3.05, 3.63) is 40.5 Å². The van der Waals surface area contributed by atoms with Crippen molar-refractivity contribution in [1.29, 1.82) is 0 Å². The molecule has 5 aliphatic heterocycles. The molecule has 8 heteroatoms. The number of piperidine rings is 1. The van der Waals surface area contributed by atoms with Gasteiger partial charge in [-0.3, -0.25) is 9.69 Å². The average molecular weight is 464 g/mol. The van der Waals surface area contributed by atoms with Gasteiger partial charge in [0.05, 0.1) is 6.04 Å². The fourth-order valence-electron chi connectivity index (χ4n) is 6.39. The van der Waals surface area contributed by atoms with Gasteiger partial charge in [0.2, 0.25) is 5.91 Å². The normalized spacial score (nSPS) is 41.2. The molecular formula is C20H20BrClN4O2. The number of anilines is 1. The third kappa shape index (κ3) is 1.58. The van der Waals surface area contributed by atoms with E-state index in [4.69, 9.17) is 11.6 Å². The Morgan fingerprint density at radius 3 is 2.86 bits per heavy atom. The van der Waals surface area contributed by atoms with Crippen LogP contribution in [0.3, 0.4) is 0 Å². The van der Waals surface area contributed by atoms with Crippen molar-refractivity contribution in [2.75, 3.05) is 4.90 Å². The molecule has 3 saturated heterocycles. The van der Waals surface area contributed by atoms with E-state index in [1.807, 2.05) is 23.2 Å². The van der Waals surface area contributed by atoms with Crippen molar-refractivity contribution in [1.82, 2.24) is 15.5 Å². The Kier molecular flexibility index (Phi) is 2.99. The van der Waals surface area contributed by atoms with Crippen LogP contribution >= 0.6 is 27.5 Å². The molecule has 3 amide bonds. The van der Waals surface area contributed by atoms with Crippen LogP contribution in [0.25, 0.3) is 0 Å². The van der Waals surface area contributed by atoms with Crippen LogP contribution in [0, 0.1) is 5.41 Å². The first kappa shape index (κ1) is 17.2. The molecule has 28 heavy (non-hydrogen) atoms. The van der Waals surface area contributed by atoms with E-state index in [1.165, 1.54) is 0 Å². The highest BCUT2D eigenvalue weighted by Gasteiger charge is 2.77. The fourth-order valence-corrected chi connectivity index (χ4v) is 7.13. The van der Waals surface area contributed by atoms with E-state index in [0.29, 0.717) is 12.8 Å². The minimum atomic E-state index is -0.783. The van der Waals surface area contributed by atoms with E-state index < -0.39 is 16.7 Å². The fraction of sp³-hybridized carbons (Fsp3) is 0.500. The molecule has 2 N–H and O–H groups in total. The summed E-state index contributed by atoms with van der Waals surface area (Å²) in [5, 5.41) is 6.10. The molecule has 146 valence electrons. The third-order valence-electron chi connectivity index (χ3n) is 7.68. The molecule has 5 atom stereocenters. The minimum Gasteiger partial charge on any atom is -0.328 e. The lowest BCUT2D eigenvalue weighted by molar-refractivity contribution is -0.129. The quantitative estimate of drug-likeness (QED) is 0.581. The molecule has 2 spiro atoms. The van der Waals surface area contributed by atoms with E-state index in [9.17, 15) is 9.59 Å². The number of carbonyl (C=O) groups is 2. The van der Waals surface area contributed by atoms with Crippen LogP contribution in [0.5, 0.6) is 0 Å². The molecule has 5 heterocycles. The maximum atomic E-state index is 13.1. The highest BCUT2D eigenvalue weighted by Crippen LogP contribution is 2.67. The van der Waals surface area contributed by atoms with E-state index in [1.54, 1.807) is 0 Å². The monoisotopic (exact) mass is 462 g/mol. The number of alkyl halides is 1. The Bertz CT molecular complexity index is 996. The summed E-state index contributed by atoms with van der Waals surface area (Å²) in [5.41, 5.74) is 0.368. The Hall–Kier alpha value is -1.73. The van der Waals surface area contributed by atoms with Gasteiger partial charge in [-0.2, -0.15) is 0 Å². The summed E-state index contributed by atoms with van der Waals surface area (Å²) in [6.45, 7) is 4.23. The van der Waals surface area contributed by atoms with E-state index in [-0.39, 0.29) is 29.3 Å². The summed E-state index contributed by atoms with van der Waals surface area (Å²) in [4.78, 5) is 29.9. The van der Waals surface area contributed by atoms with Crippen molar-refractivity contribution >= 4 is 45.2 Å². The number of carbonyl (C=O) groups excluding carboxylic acids is 2. The van der Waals surface area contributed by atoms with Crippen LogP contribution in [0.15, 0.2) is 34.9 Å². The maximum Gasteiger partial charge on any atom is 0.317 e. The molecule has 3 fully saturated rings. The van der Waals surface area contributed by atoms with Gasteiger partial charge in [-0.15, -0.1) is 11.6 Å². The van der Waals surface area contributed by atoms with Crippen LogP contribution in [-0.2, 0) is 4.79 Å². The molecule has 6 nitrogen and oxygen atoms in total. The zero-order valence-electron chi connectivity index (χ0n) is 15.5. The number of hydrogen-bond donors (Lipinski definition) is 2. The zero-order valence-corrected chi connectivity index (χ0v) is 17.8. The first-order chi connectivity index (χ1) is 13.2. The molecular weight excluding hydrogens is 444 g/mol. The molecule has 0 radical (unpaired) electrons. The van der Waals surface area contributed by atoms with Crippen LogP contribution in [0.4, 0.5) is 10.5 Å². The predicted molar refractivity (Wildman–Crippen MR) is 109 cm³/mol. The lowest BCUT2D eigenvalue weighted by atomic mass is 9.64. The lowest BCUT2D eigenvalue weighted by Gasteiger charge is -2.64. The van der Waals surface area contributed by atoms with Gasteiger partial charge in [-0.25, -0.2) is 4.79 Å². The highest BCUT2D eigenvalue weighted by atomic mass is 79.9. The smallest absolute Gasteiger partial charge is 0.317 e. The van der Waals surface area contributed by atoms with Gasteiger partial charge in [0, 0.05) is 45.9 Å². The number of nitrogens with one attached hydrogen (secondary N) is 2. The van der Waals surface area contributed by atoms with Gasteiger partial charge in [-0.1, -0.05) is 35.8 Å². The second-order valence-electron chi connectivity index (χ2n) is 9.01. The Morgan fingerprint density at radius 1 is 1.29 bits per heavy atom. The second-order valence-corrected chi connectivity index (χ2v) is 10.5. The molecule has 0 aliphatic carbocycles. The molecule has 1 aromatic rings. The van der Waals surface area contributed by atoms with Gasteiger partial charge in [0.1, 0.15) is 11.3 Å². The highest BCUT2D eigenvalue weighted by molar-refractivity contribution is 9.10. The molecule has 1 aromatic carbocycles. The molecule has 5 unspecified atom stereocenters. The number of nitrogens with zero attached hydrogens (tertiary/aromatic N) is 2. The topological polar surface area (TPSA) is 64.7 Å². The Balaban J connectivity index is 1.75. The van der Waals surface area contributed by atoms with Gasteiger partial charge in [-0.05, 0) is 23.8 Å². The maximum absolute atomic E-state index is 13.1. The molecule has 6 rings (SSSR count). The number of halogens is 2. The van der Waals surface area contributed by atoms with Gasteiger partial charge >= 0.3 is 6.03 Å². The lowest BCUT2D eigenvalue weighted by Crippen LogP contribution is -2.81. The summed E-state index contributed by atoms with van der Waals surface area (Å²) >= 11 is 10.7. The van der Waals surface area contributed by atoms with Crippen molar-refractivity contribution in [2.24, 2.45) is 5.41 Å². The number of fused-ring (bicyclic) bond motifs is 2. The summed E-state index contributed by atoms with van der Waals surface area (Å²) in [6.07, 6.45) is 4.91. The summed E-state index contributed by atoms with van der Waals surface area (Å²) in [5.74, 6) is 0.114. The summed E-state index contributed by atoms with van der Waals surface area (Å²) < 4.78 is 0.973. The third-order valence-corrected chi connectivity index (χ3v) is 8.88. The van der Waals surface area contributed by atoms with Crippen molar-refractivity contribution < 1.29 is 9.59 Å². The largest absolute Gasteiger partial charge is 0.328 e. The SMILES string of the molecule is CC1(C)C(Cl)CC23C4CC(=O)N2C=CC2NC(=O)NC21N3c1cc(Br)ccc14. The molecule has 0 aromatic heterocycles. The van der Waals surface area contributed by atoms with Crippen LogP contribution in [0.2, 0.25) is 0 Å². The first-order valence-electron chi connectivity index (χ1n) is 9.56. The zero-order chi connectivity index (χ0) is 19.6. The standard InChI is InChI=1S/C20H20BrClN4O2/c1-18(2)14(22)9-19-12-8-16(27)25(19)6-5-15-20(18,24-17(28)23-15)26(19)13-7-10(21)3-4-11(12)13/h3-7,12,14-15H,8-9H2,1-2H3,(H2,23,24,28). The van der Waals surface area contributed by atoms with Crippen molar-refractivity contribution in [3.63, 3.8) is 0 Å². The predicted octanol–water partition coefficient (Wildman–Crippen LogP) is 3.22. The van der Waals surface area contributed by atoms with E-state index in [2.05, 4.69) is 57.4 Å². The van der Waals surface area contributed by atoms with Crippen LogP contribution < -0.4 is 15.5 Å². The van der Waals surface area contributed by atoms with Crippen molar-refractivity contribution in [2.45, 2.75) is 55.4 Å². The van der Waals surface area contributed by atoms with Gasteiger partial charge in [0.15, 0.2) is 0 Å². The van der Waals surface area contributed by atoms with Crippen LogP contribution in [0.1, 0.15) is 38.2 Å². The Labute approximate surface area is 176 Å². The number of amides is 3. The van der Waals surface area contributed by atoms with Gasteiger partial charge in [0.25, 0.3) is 0 Å². The molecule has 5 aliphatic rings. The Morgan fingerprint density at radius 2 is 2.07 bits per heavy atom. The van der Waals surface area contributed by atoms with Crippen LogP contribution in [-0.4, -0.2) is 39.6 Å². The molecule has 2 bridgehead atoms. The molecule has 0 saturated carbocycles. The number of rotatable bonds is 0. The van der Waals surface area contributed by atoms with Crippen molar-refractivity contribution in [3.8, 4) is 0 Å². The number of urea groups is 1. The van der Waals surface area contributed by atoms with E-state index >= 15 is 0 Å². The van der Waals surface area contributed by atoms with E-state index in [0.717, 1.165) is 15.7 Å². The number of hydrogen-bond acceptors (Lipinski definition) is 3. The first-order valence-corrected chi connectivity index (χ1v) is 10.8.